The number of benzene rings is 2. The van der Waals surface area contributed by atoms with Crippen molar-refractivity contribution in [1.29, 1.82) is 0 Å². The average Bonchev–Trinajstić information content (AvgIpc) is 2.49. The van der Waals surface area contributed by atoms with E-state index in [4.69, 9.17) is 11.6 Å². The number of sulfone groups is 1. The zero-order valence-electron chi connectivity index (χ0n) is 13.0. The first-order chi connectivity index (χ1) is 10.8. The Morgan fingerprint density at radius 1 is 1.09 bits per heavy atom. The molecule has 0 aliphatic carbocycles. The van der Waals surface area contributed by atoms with Crippen LogP contribution in [0.4, 0.5) is 0 Å². The van der Waals surface area contributed by atoms with Crippen molar-refractivity contribution in [3.05, 3.63) is 64.7 Å². The second-order valence-electron chi connectivity index (χ2n) is 5.39. The van der Waals surface area contributed by atoms with Crippen molar-refractivity contribution in [2.24, 2.45) is 0 Å². The molecule has 122 valence electrons. The molecule has 2 rings (SSSR count). The zero-order chi connectivity index (χ0) is 17.0. The predicted octanol–water partition coefficient (Wildman–Crippen LogP) is 3.08. The fraction of sp³-hybridized carbons (Fsp3) is 0.235. The molecule has 0 radical (unpaired) electrons. The molecule has 1 amide bonds. The number of carbonyl (C=O) groups is 1. The Bertz CT molecular complexity index is 801. The van der Waals surface area contributed by atoms with Gasteiger partial charge in [-0.1, -0.05) is 35.9 Å². The van der Waals surface area contributed by atoms with Gasteiger partial charge in [0.25, 0.3) is 0 Å². The second kappa shape index (κ2) is 7.15. The molecule has 0 aromatic heterocycles. The van der Waals surface area contributed by atoms with Gasteiger partial charge in [-0.25, -0.2) is 8.42 Å². The monoisotopic (exact) mass is 351 g/mol. The zero-order valence-corrected chi connectivity index (χ0v) is 14.6. The van der Waals surface area contributed by atoms with Gasteiger partial charge in [0, 0.05) is 18.6 Å². The summed E-state index contributed by atoms with van der Waals surface area (Å²) in [7, 11) is -2.07. The third-order valence-corrected chi connectivity index (χ3v) is 5.45. The van der Waals surface area contributed by atoms with Gasteiger partial charge in [-0.15, -0.1) is 0 Å². The van der Waals surface area contributed by atoms with Gasteiger partial charge in [0.05, 0.1) is 4.90 Å². The van der Waals surface area contributed by atoms with E-state index in [1.54, 1.807) is 7.05 Å². The smallest absolute Gasteiger partial charge is 0.238 e. The predicted molar refractivity (Wildman–Crippen MR) is 91.2 cm³/mol. The Hall–Kier alpha value is -1.85. The number of hydrogen-bond donors (Lipinski definition) is 0. The van der Waals surface area contributed by atoms with E-state index >= 15 is 0 Å². The van der Waals surface area contributed by atoms with Gasteiger partial charge >= 0.3 is 0 Å². The molecule has 0 bridgehead atoms. The van der Waals surface area contributed by atoms with Crippen LogP contribution < -0.4 is 0 Å². The number of halogens is 1. The molecule has 2 aromatic rings. The second-order valence-corrected chi connectivity index (χ2v) is 7.82. The van der Waals surface area contributed by atoms with E-state index in [-0.39, 0.29) is 4.90 Å². The number of amides is 1. The molecule has 6 heteroatoms. The highest BCUT2D eigenvalue weighted by Crippen LogP contribution is 2.16. The van der Waals surface area contributed by atoms with Crippen LogP contribution in [0.1, 0.15) is 11.1 Å². The SMILES string of the molecule is Cc1ccccc1CN(C)C(=O)CS(=O)(=O)c1ccc(Cl)cc1. The summed E-state index contributed by atoms with van der Waals surface area (Å²) in [4.78, 5) is 13.8. The van der Waals surface area contributed by atoms with Crippen molar-refractivity contribution < 1.29 is 13.2 Å². The minimum absolute atomic E-state index is 0.0968. The lowest BCUT2D eigenvalue weighted by atomic mass is 10.1. The maximum absolute atomic E-state index is 12.3. The molecule has 0 heterocycles. The van der Waals surface area contributed by atoms with Crippen LogP contribution in [-0.2, 0) is 21.2 Å². The van der Waals surface area contributed by atoms with Crippen LogP contribution in [0.15, 0.2) is 53.4 Å². The first-order valence-corrected chi connectivity index (χ1v) is 9.09. The standard InChI is InChI=1S/C17H18ClNO3S/c1-13-5-3-4-6-14(13)11-19(2)17(20)12-23(21,22)16-9-7-15(18)8-10-16/h3-10H,11-12H2,1-2H3. The fourth-order valence-electron chi connectivity index (χ4n) is 2.13. The van der Waals surface area contributed by atoms with Gasteiger partial charge in [0.15, 0.2) is 9.84 Å². The van der Waals surface area contributed by atoms with Crippen molar-refractivity contribution >= 4 is 27.3 Å². The number of aryl methyl sites for hydroxylation is 1. The normalized spacial score (nSPS) is 11.3. The van der Waals surface area contributed by atoms with Crippen LogP contribution in [0.5, 0.6) is 0 Å². The molecule has 23 heavy (non-hydrogen) atoms. The van der Waals surface area contributed by atoms with E-state index in [9.17, 15) is 13.2 Å². The van der Waals surface area contributed by atoms with E-state index in [0.717, 1.165) is 11.1 Å². The lowest BCUT2D eigenvalue weighted by Crippen LogP contribution is -2.32. The molecular weight excluding hydrogens is 334 g/mol. The Labute approximate surface area is 141 Å². The average molecular weight is 352 g/mol. The van der Waals surface area contributed by atoms with Crippen LogP contribution in [-0.4, -0.2) is 32.0 Å². The molecule has 0 aliphatic heterocycles. The van der Waals surface area contributed by atoms with Crippen LogP contribution >= 0.6 is 11.6 Å². The molecule has 0 spiro atoms. The first kappa shape index (κ1) is 17.5. The topological polar surface area (TPSA) is 54.5 Å². The summed E-state index contributed by atoms with van der Waals surface area (Å²) in [5, 5.41) is 0.451. The lowest BCUT2D eigenvalue weighted by molar-refractivity contribution is -0.127. The summed E-state index contributed by atoms with van der Waals surface area (Å²) < 4.78 is 24.6. The van der Waals surface area contributed by atoms with E-state index in [2.05, 4.69) is 0 Å². The van der Waals surface area contributed by atoms with E-state index in [1.807, 2.05) is 31.2 Å². The summed E-state index contributed by atoms with van der Waals surface area (Å²) in [6, 6.07) is 13.5. The summed E-state index contributed by atoms with van der Waals surface area (Å²) in [6.45, 7) is 2.33. The van der Waals surface area contributed by atoms with Crippen molar-refractivity contribution in [3.63, 3.8) is 0 Å². The van der Waals surface area contributed by atoms with Crippen LogP contribution in [0.3, 0.4) is 0 Å². The van der Waals surface area contributed by atoms with Gasteiger partial charge in [0.2, 0.25) is 5.91 Å². The Balaban J connectivity index is 2.08. The molecule has 2 aromatic carbocycles. The van der Waals surface area contributed by atoms with E-state index in [0.29, 0.717) is 11.6 Å². The molecule has 0 saturated carbocycles. The van der Waals surface area contributed by atoms with Crippen molar-refractivity contribution in [3.8, 4) is 0 Å². The largest absolute Gasteiger partial charge is 0.341 e. The minimum Gasteiger partial charge on any atom is -0.341 e. The molecule has 0 fully saturated rings. The molecule has 0 saturated heterocycles. The molecule has 0 atom stereocenters. The quantitative estimate of drug-likeness (QED) is 0.831. The van der Waals surface area contributed by atoms with Gasteiger partial charge in [0.1, 0.15) is 5.75 Å². The lowest BCUT2D eigenvalue weighted by Gasteiger charge is -2.18. The van der Waals surface area contributed by atoms with Gasteiger partial charge < -0.3 is 4.90 Å². The summed E-state index contributed by atoms with van der Waals surface area (Å²) >= 11 is 5.75. The maximum atomic E-state index is 12.3. The fourth-order valence-corrected chi connectivity index (χ4v) is 3.52. The number of carbonyl (C=O) groups excluding carboxylic acids is 1. The molecular formula is C17H18ClNO3S. The molecule has 0 N–H and O–H groups in total. The van der Waals surface area contributed by atoms with Gasteiger partial charge in [-0.2, -0.15) is 0 Å². The highest BCUT2D eigenvalue weighted by Gasteiger charge is 2.22. The van der Waals surface area contributed by atoms with Gasteiger partial charge in [-0.3, -0.25) is 4.79 Å². The summed E-state index contributed by atoms with van der Waals surface area (Å²) in [5.41, 5.74) is 2.06. The highest BCUT2D eigenvalue weighted by molar-refractivity contribution is 7.92. The number of rotatable bonds is 5. The number of nitrogens with zero attached hydrogens (tertiary/aromatic N) is 1. The van der Waals surface area contributed by atoms with Crippen molar-refractivity contribution in [2.75, 3.05) is 12.8 Å². The van der Waals surface area contributed by atoms with Crippen LogP contribution in [0.25, 0.3) is 0 Å². The van der Waals surface area contributed by atoms with Crippen LogP contribution in [0.2, 0.25) is 5.02 Å². The Morgan fingerprint density at radius 3 is 2.30 bits per heavy atom. The third-order valence-electron chi connectivity index (χ3n) is 3.58. The third kappa shape index (κ3) is 4.56. The van der Waals surface area contributed by atoms with Crippen molar-refractivity contribution in [2.45, 2.75) is 18.4 Å². The first-order valence-electron chi connectivity index (χ1n) is 7.06. The van der Waals surface area contributed by atoms with E-state index in [1.165, 1.54) is 29.2 Å². The van der Waals surface area contributed by atoms with Crippen molar-refractivity contribution in [1.82, 2.24) is 4.90 Å². The van der Waals surface area contributed by atoms with Crippen LogP contribution in [0, 0.1) is 6.92 Å². The number of hydrogen-bond acceptors (Lipinski definition) is 3. The maximum Gasteiger partial charge on any atom is 0.238 e. The summed E-state index contributed by atoms with van der Waals surface area (Å²) in [6.07, 6.45) is 0. The minimum atomic E-state index is -3.67. The summed E-state index contributed by atoms with van der Waals surface area (Å²) in [5.74, 6) is -1.000. The van der Waals surface area contributed by atoms with E-state index < -0.39 is 21.5 Å². The molecule has 0 aliphatic rings. The molecule has 4 nitrogen and oxygen atoms in total. The Kier molecular flexibility index (Phi) is 5.44. The highest BCUT2D eigenvalue weighted by atomic mass is 35.5. The Morgan fingerprint density at radius 2 is 1.70 bits per heavy atom. The van der Waals surface area contributed by atoms with Gasteiger partial charge in [-0.05, 0) is 42.3 Å². The molecule has 0 unspecified atom stereocenters.